The summed E-state index contributed by atoms with van der Waals surface area (Å²) in [5.41, 5.74) is 2.42. The molecule has 0 unspecified atom stereocenters. The van der Waals surface area contributed by atoms with E-state index >= 15 is 0 Å². The Balaban J connectivity index is 0.000000133. The lowest BCUT2D eigenvalue weighted by Gasteiger charge is -2.10. The molecule has 1 fully saturated rings. The number of halogens is 1. The van der Waals surface area contributed by atoms with Gasteiger partial charge in [0.2, 0.25) is 0 Å². The van der Waals surface area contributed by atoms with Crippen molar-refractivity contribution in [3.8, 4) is 44.0 Å². The van der Waals surface area contributed by atoms with Crippen molar-refractivity contribution in [3.63, 3.8) is 0 Å². The zero-order chi connectivity index (χ0) is 64.5. The van der Waals surface area contributed by atoms with Crippen LogP contribution in [0.15, 0.2) is 65.4 Å². The number of nitrogens with zero attached hydrogens (tertiary/aromatic N) is 32. The second-order valence-corrected chi connectivity index (χ2v) is 21.3. The third kappa shape index (κ3) is 14.2. The Labute approximate surface area is 519 Å². The first-order chi connectivity index (χ1) is 43.8. The highest BCUT2D eigenvalue weighted by molar-refractivity contribution is 14.1. The average molecular weight is 1390 g/mol. The van der Waals surface area contributed by atoms with Crippen LogP contribution in [0.1, 0.15) is 70.5 Å². The van der Waals surface area contributed by atoms with Crippen LogP contribution in [0, 0.1) is 10.6 Å². The molecule has 1 saturated carbocycles. The lowest BCUT2D eigenvalue weighted by molar-refractivity contribution is 0.300. The Morgan fingerprint density at radius 3 is 1.20 bits per heavy atom. The maximum absolute atomic E-state index is 12.1. The molecular formula is C42H41IN32O8S4. The third-order valence-electron chi connectivity index (χ3n) is 11.4. The van der Waals surface area contributed by atoms with Crippen molar-refractivity contribution in [2.24, 2.45) is 28.2 Å². The molecule has 0 aromatic carbocycles. The molecular weight excluding hydrogens is 1340 g/mol. The van der Waals surface area contributed by atoms with E-state index in [1.54, 1.807) is 28.4 Å². The second-order valence-electron chi connectivity index (χ2n) is 17.0. The molecule has 87 heavy (non-hydrogen) atoms. The number of rotatable bonds is 18. The van der Waals surface area contributed by atoms with Gasteiger partial charge in [-0.1, -0.05) is 52.3 Å². The molecule has 0 atom stereocenters. The number of ether oxygens (including phenoxy) is 4. The second kappa shape index (κ2) is 27.8. The molecule has 1 aliphatic rings. The molecule has 12 heterocycles. The van der Waals surface area contributed by atoms with Crippen molar-refractivity contribution < 1.29 is 24.4 Å². The summed E-state index contributed by atoms with van der Waals surface area (Å²) >= 11 is 6.81. The Kier molecular flexibility index (Phi) is 17.5. The largest absolute Gasteiger partial charge is 0.465 e. The summed E-state index contributed by atoms with van der Waals surface area (Å²) in [6.07, 6.45) is 3.14. The molecule has 12 aromatic rings. The molecule has 45 heteroatoms. The number of tetrazole rings is 4. The van der Waals surface area contributed by atoms with Crippen LogP contribution in [0.25, 0.3) is 23.3 Å². The molecule has 12 aromatic heterocycles. The normalized spacial score (nSPS) is 12.3. The lowest BCUT2D eigenvalue weighted by Crippen LogP contribution is -2.25. The van der Waals surface area contributed by atoms with E-state index in [-0.39, 0.29) is 80.3 Å². The number of thiazole rings is 4. The van der Waals surface area contributed by atoms with E-state index in [9.17, 15) is 19.2 Å². The van der Waals surface area contributed by atoms with E-state index in [1.165, 1.54) is 73.5 Å². The summed E-state index contributed by atoms with van der Waals surface area (Å²) in [6.45, 7) is 3.94. The molecule has 0 spiro atoms. The van der Waals surface area contributed by atoms with Crippen molar-refractivity contribution in [1.82, 2.24) is 161 Å². The molecule has 0 saturated heterocycles. The fraction of sp³-hybridized carbons (Fsp3) is 0.333. The predicted octanol–water partition coefficient (Wildman–Crippen LogP) is -0.901. The Bertz CT molecular complexity index is 4620. The minimum Gasteiger partial charge on any atom is -0.465 e. The number of hydrogen-bond acceptors (Lipinski definition) is 36. The molecule has 0 aliphatic heterocycles. The van der Waals surface area contributed by atoms with Gasteiger partial charge in [0.05, 0.1) is 44.8 Å². The first-order valence-corrected chi connectivity index (χ1v) is 29.1. The molecule has 0 amide bonds. The van der Waals surface area contributed by atoms with Gasteiger partial charge in [-0.2, -0.15) is 18.7 Å². The monoisotopic (exact) mass is 1380 g/mol. The maximum atomic E-state index is 12.1. The van der Waals surface area contributed by atoms with E-state index < -0.39 is 22.8 Å². The molecule has 0 radical (unpaired) electrons. The zero-order valence-electron chi connectivity index (χ0n) is 49.4. The number of hydrogen-bond donors (Lipinski definition) is 0. The van der Waals surface area contributed by atoms with Crippen LogP contribution in [0.3, 0.4) is 0 Å². The lowest BCUT2D eigenvalue weighted by atomic mass is 10.1. The molecule has 40 nitrogen and oxygen atoms in total. The van der Waals surface area contributed by atoms with E-state index in [0.717, 1.165) is 56.0 Å². The summed E-state index contributed by atoms with van der Waals surface area (Å²) in [7, 11) is 5.95. The van der Waals surface area contributed by atoms with E-state index in [2.05, 4.69) is 123 Å². The topological polar surface area (TPSA) is 454 Å². The minimum atomic E-state index is -0.458. The van der Waals surface area contributed by atoms with Crippen LogP contribution in [0.2, 0.25) is 0 Å². The Hall–Kier alpha value is -10.0. The summed E-state index contributed by atoms with van der Waals surface area (Å²) in [4.78, 5) is 63.7. The Morgan fingerprint density at radius 1 is 0.471 bits per heavy atom. The van der Waals surface area contributed by atoms with Gasteiger partial charge in [0.25, 0.3) is 20.8 Å². The number of aryl methyl sites for hydroxylation is 6. The van der Waals surface area contributed by atoms with Gasteiger partial charge in [0.1, 0.15) is 30.1 Å². The van der Waals surface area contributed by atoms with Crippen molar-refractivity contribution in [2.45, 2.75) is 65.5 Å². The van der Waals surface area contributed by atoms with E-state index in [1.807, 2.05) is 29.5 Å². The summed E-state index contributed by atoms with van der Waals surface area (Å²) < 4.78 is 60.9. The van der Waals surface area contributed by atoms with Gasteiger partial charge in [0.15, 0.2) is 23.3 Å². The standard InChI is InChI=1S/C12H12N8O2S.C11H12N8O2S.C10H10N8O2S.C9H7IN8O2S/c1-19-12(21)20(18-17-19)10-8(6-22-11-13-4-5-23-11)9(7-2-3-7)14-16-15-10;1-3-8-7(6-21-10-12-4-5-22-10)9(14-15-13-8)19-11(20)18(2)16-17-19;1-6-7(5-20-9-11-3-4-21-9)8(13-14-12-6)18-10(19)17(2)15-16-18;1-17-9(19)18(16-15-17)7-5(6(10)12-14-13-7)4-20-8-11-2-3-21-8/h4-5,7H,2-3,6H2,1H3;4-5H,3,6H2,1-2H3;3-4H,5H2,1-2H3;2-3H,4H2,1H3/i2*4T;3T;2T. The molecule has 1 aliphatic carbocycles. The van der Waals surface area contributed by atoms with Gasteiger partial charge >= 0.3 is 22.8 Å². The quantitative estimate of drug-likeness (QED) is 0.0939. The maximum Gasteiger partial charge on any atom is 0.369 e. The smallest absolute Gasteiger partial charge is 0.369 e. The van der Waals surface area contributed by atoms with Crippen LogP contribution < -0.4 is 41.7 Å². The van der Waals surface area contributed by atoms with Crippen LogP contribution in [0.5, 0.6) is 20.8 Å². The van der Waals surface area contributed by atoms with Crippen molar-refractivity contribution in [2.75, 3.05) is 0 Å². The van der Waals surface area contributed by atoms with Crippen molar-refractivity contribution in [3.05, 3.63) is 131 Å². The fourth-order valence-electron chi connectivity index (χ4n) is 6.99. The molecule has 0 N–H and O–H groups in total. The van der Waals surface area contributed by atoms with Gasteiger partial charge in [0, 0.05) is 80.3 Å². The fourth-order valence-corrected chi connectivity index (χ4v) is 9.24. The SMILES string of the molecule is [3H]c1csc(OCc2c(C)nnnc2-n2nnn(C)c2=O)n1.[3H]c1csc(OCc2c(C3CC3)nnnc2-n2nnn(C)c2=O)n1.[3H]c1csc(OCc2c(CC)nnnc2-n2nnn(C)c2=O)n1.[3H]c1csc(OCc2c(I)nnnc2-n2nnn(C)c2=O)n1. The summed E-state index contributed by atoms with van der Waals surface area (Å²) in [5.74, 6) is 1.16. The van der Waals surface area contributed by atoms with Gasteiger partial charge in [-0.15, -0.1) is 59.5 Å². The van der Waals surface area contributed by atoms with E-state index in [4.69, 9.17) is 24.4 Å². The third-order valence-corrected chi connectivity index (χ3v) is 14.8. The van der Waals surface area contributed by atoms with E-state index in [0.29, 0.717) is 64.5 Å². The highest BCUT2D eigenvalue weighted by Crippen LogP contribution is 2.41. The van der Waals surface area contributed by atoms with Gasteiger partial charge < -0.3 is 18.9 Å². The predicted molar refractivity (Wildman–Crippen MR) is 305 cm³/mol. The van der Waals surface area contributed by atoms with Crippen LogP contribution >= 0.6 is 67.9 Å². The Morgan fingerprint density at radius 2 is 0.816 bits per heavy atom. The first-order valence-electron chi connectivity index (χ1n) is 26.5. The van der Waals surface area contributed by atoms with Crippen molar-refractivity contribution in [1.29, 1.82) is 0 Å². The minimum absolute atomic E-state index is 0.0616. The highest BCUT2D eigenvalue weighted by atomic mass is 127. The van der Waals surface area contributed by atoms with Crippen LogP contribution in [-0.4, -0.2) is 161 Å². The zero-order valence-corrected chi connectivity index (χ0v) is 50.8. The highest BCUT2D eigenvalue weighted by Gasteiger charge is 2.32. The first kappa shape index (κ1) is 54.9. The summed E-state index contributed by atoms with van der Waals surface area (Å²) in [6, 6.07) is 0. The molecule has 13 rings (SSSR count). The molecule has 0 bridgehead atoms. The van der Waals surface area contributed by atoms with Crippen LogP contribution in [-0.2, 0) is 61.0 Å². The number of aromatic nitrogens is 32. The average Bonchev–Trinajstić information content (AvgIpc) is 2.00. The van der Waals surface area contributed by atoms with Gasteiger partial charge in [-0.05, 0) is 111 Å². The molecule has 448 valence electrons. The van der Waals surface area contributed by atoms with Gasteiger partial charge in [-0.25, -0.2) is 39.1 Å². The summed E-state index contributed by atoms with van der Waals surface area (Å²) in [5, 5.41) is 83.3. The van der Waals surface area contributed by atoms with Crippen LogP contribution in [0.4, 0.5) is 0 Å². The van der Waals surface area contributed by atoms with Crippen molar-refractivity contribution >= 4 is 67.9 Å². The van der Waals surface area contributed by atoms with Gasteiger partial charge in [-0.3, -0.25) is 0 Å².